The number of halogens is 5. The van der Waals surface area contributed by atoms with Gasteiger partial charge in [-0.1, -0.05) is 46.3 Å². The third kappa shape index (κ3) is 3.76. The second-order valence-corrected chi connectivity index (χ2v) is 5.92. The molecule has 0 aliphatic carbocycles. The number of hydrogen-bond donors (Lipinski definition) is 1. The standard InChI is InChI=1S/C14H10Br2F3N/c15-10-6-7-12(11(16)8-10)20-13(14(17,18)19)9-4-2-1-3-5-9/h1-8,13,20H. The van der Waals surface area contributed by atoms with E-state index in [9.17, 15) is 13.2 Å². The lowest BCUT2D eigenvalue weighted by molar-refractivity contribution is -0.144. The van der Waals surface area contributed by atoms with Crippen LogP contribution in [0.1, 0.15) is 11.6 Å². The molecule has 0 aromatic heterocycles. The van der Waals surface area contributed by atoms with Gasteiger partial charge in [-0.3, -0.25) is 0 Å². The van der Waals surface area contributed by atoms with Gasteiger partial charge in [-0.25, -0.2) is 0 Å². The average molecular weight is 409 g/mol. The van der Waals surface area contributed by atoms with E-state index >= 15 is 0 Å². The smallest absolute Gasteiger partial charge is 0.369 e. The van der Waals surface area contributed by atoms with Crippen LogP contribution in [0.2, 0.25) is 0 Å². The Balaban J connectivity index is 2.34. The van der Waals surface area contributed by atoms with Crippen LogP contribution in [0.4, 0.5) is 18.9 Å². The molecule has 0 aliphatic heterocycles. The van der Waals surface area contributed by atoms with Gasteiger partial charge in [0.15, 0.2) is 0 Å². The molecule has 1 N–H and O–H groups in total. The Bertz CT molecular complexity index is 585. The highest BCUT2D eigenvalue weighted by Gasteiger charge is 2.41. The zero-order chi connectivity index (χ0) is 14.8. The van der Waals surface area contributed by atoms with Gasteiger partial charge >= 0.3 is 6.18 Å². The Labute approximate surface area is 131 Å². The van der Waals surface area contributed by atoms with Crippen LogP contribution in [-0.4, -0.2) is 6.18 Å². The molecule has 0 heterocycles. The van der Waals surface area contributed by atoms with Crippen molar-refractivity contribution in [3.8, 4) is 0 Å². The fourth-order valence-corrected chi connectivity index (χ4v) is 2.92. The van der Waals surface area contributed by atoms with Gasteiger partial charge in [-0.15, -0.1) is 0 Å². The van der Waals surface area contributed by atoms with E-state index in [0.29, 0.717) is 10.2 Å². The molecular formula is C14H10Br2F3N. The first-order valence-electron chi connectivity index (χ1n) is 5.71. The summed E-state index contributed by atoms with van der Waals surface area (Å²) >= 11 is 6.52. The summed E-state index contributed by atoms with van der Waals surface area (Å²) in [6, 6.07) is 11.0. The minimum Gasteiger partial charge on any atom is -0.369 e. The fourth-order valence-electron chi connectivity index (χ4n) is 1.76. The van der Waals surface area contributed by atoms with Crippen molar-refractivity contribution in [1.82, 2.24) is 0 Å². The first-order valence-corrected chi connectivity index (χ1v) is 7.30. The third-order valence-electron chi connectivity index (χ3n) is 2.69. The Morgan fingerprint density at radius 1 is 0.950 bits per heavy atom. The summed E-state index contributed by atoms with van der Waals surface area (Å²) in [7, 11) is 0. The van der Waals surface area contributed by atoms with Gasteiger partial charge in [-0.2, -0.15) is 13.2 Å². The van der Waals surface area contributed by atoms with Crippen molar-refractivity contribution in [2.24, 2.45) is 0 Å². The van der Waals surface area contributed by atoms with Crippen molar-refractivity contribution in [3.63, 3.8) is 0 Å². The van der Waals surface area contributed by atoms with Crippen LogP contribution >= 0.6 is 31.9 Å². The summed E-state index contributed by atoms with van der Waals surface area (Å²) in [6.07, 6.45) is -4.38. The van der Waals surface area contributed by atoms with Gasteiger partial charge < -0.3 is 5.32 Å². The predicted octanol–water partition coefficient (Wildman–Crippen LogP) is 5.93. The Morgan fingerprint density at radius 2 is 1.60 bits per heavy atom. The van der Waals surface area contributed by atoms with Gasteiger partial charge in [0.25, 0.3) is 0 Å². The lowest BCUT2D eigenvalue weighted by Gasteiger charge is -2.23. The first-order chi connectivity index (χ1) is 9.38. The summed E-state index contributed by atoms with van der Waals surface area (Å²) in [5, 5.41) is 2.54. The van der Waals surface area contributed by atoms with Crippen molar-refractivity contribution >= 4 is 37.5 Å². The zero-order valence-corrected chi connectivity index (χ0v) is 13.3. The maximum absolute atomic E-state index is 13.2. The molecule has 2 aromatic rings. The summed E-state index contributed by atoms with van der Waals surface area (Å²) in [4.78, 5) is 0. The molecule has 1 atom stereocenters. The van der Waals surface area contributed by atoms with E-state index in [1.165, 1.54) is 12.1 Å². The largest absolute Gasteiger partial charge is 0.412 e. The molecular weight excluding hydrogens is 399 g/mol. The molecule has 0 saturated carbocycles. The molecule has 1 unspecified atom stereocenters. The first kappa shape index (κ1) is 15.4. The van der Waals surface area contributed by atoms with E-state index in [0.717, 1.165) is 4.47 Å². The van der Waals surface area contributed by atoms with Gasteiger partial charge in [0.05, 0.1) is 0 Å². The molecule has 0 spiro atoms. The fraction of sp³-hybridized carbons (Fsp3) is 0.143. The van der Waals surface area contributed by atoms with Gasteiger partial charge in [-0.05, 0) is 39.7 Å². The summed E-state index contributed by atoms with van der Waals surface area (Å²) in [5.41, 5.74) is 0.564. The second-order valence-electron chi connectivity index (χ2n) is 4.15. The Hall–Kier alpha value is -1.01. The van der Waals surface area contributed by atoms with Crippen LogP contribution in [0, 0.1) is 0 Å². The Kier molecular flexibility index (Phi) is 4.75. The molecule has 0 saturated heterocycles. The van der Waals surface area contributed by atoms with E-state index in [-0.39, 0.29) is 5.56 Å². The Morgan fingerprint density at radius 3 is 2.15 bits per heavy atom. The van der Waals surface area contributed by atoms with E-state index in [1.807, 2.05) is 0 Å². The molecule has 6 heteroatoms. The molecule has 20 heavy (non-hydrogen) atoms. The van der Waals surface area contributed by atoms with Crippen molar-refractivity contribution in [2.45, 2.75) is 12.2 Å². The lowest BCUT2D eigenvalue weighted by atomic mass is 10.1. The highest BCUT2D eigenvalue weighted by Crippen LogP contribution is 2.37. The van der Waals surface area contributed by atoms with Crippen LogP contribution in [-0.2, 0) is 0 Å². The van der Waals surface area contributed by atoms with E-state index < -0.39 is 12.2 Å². The van der Waals surface area contributed by atoms with Gasteiger partial charge in [0.2, 0.25) is 0 Å². The van der Waals surface area contributed by atoms with Crippen LogP contribution in [0.5, 0.6) is 0 Å². The second kappa shape index (κ2) is 6.18. The van der Waals surface area contributed by atoms with Crippen molar-refractivity contribution in [3.05, 3.63) is 63.0 Å². The molecule has 106 valence electrons. The van der Waals surface area contributed by atoms with E-state index in [1.54, 1.807) is 36.4 Å². The van der Waals surface area contributed by atoms with Crippen LogP contribution in [0.25, 0.3) is 0 Å². The topological polar surface area (TPSA) is 12.0 Å². The average Bonchev–Trinajstić information content (AvgIpc) is 2.37. The van der Waals surface area contributed by atoms with E-state index in [2.05, 4.69) is 37.2 Å². The maximum Gasteiger partial charge on any atom is 0.412 e. The molecule has 0 radical (unpaired) electrons. The molecule has 0 amide bonds. The monoisotopic (exact) mass is 407 g/mol. The van der Waals surface area contributed by atoms with Crippen LogP contribution in [0.15, 0.2) is 57.5 Å². The number of rotatable bonds is 3. The molecule has 0 aliphatic rings. The third-order valence-corrected chi connectivity index (χ3v) is 3.84. The highest BCUT2D eigenvalue weighted by molar-refractivity contribution is 9.11. The van der Waals surface area contributed by atoms with Crippen molar-refractivity contribution in [2.75, 3.05) is 5.32 Å². The molecule has 0 fully saturated rings. The molecule has 0 bridgehead atoms. The minimum absolute atomic E-state index is 0.176. The molecule has 2 aromatic carbocycles. The number of nitrogens with one attached hydrogen (secondary N) is 1. The van der Waals surface area contributed by atoms with Gasteiger partial charge in [0, 0.05) is 14.6 Å². The quantitative estimate of drug-likeness (QED) is 0.663. The predicted molar refractivity (Wildman–Crippen MR) is 80.7 cm³/mol. The minimum atomic E-state index is -4.38. The zero-order valence-electron chi connectivity index (χ0n) is 10.1. The van der Waals surface area contributed by atoms with Gasteiger partial charge in [0.1, 0.15) is 6.04 Å². The SMILES string of the molecule is FC(F)(F)C(Nc1ccc(Br)cc1Br)c1ccccc1. The van der Waals surface area contributed by atoms with Crippen molar-refractivity contribution in [1.29, 1.82) is 0 Å². The summed E-state index contributed by atoms with van der Waals surface area (Å²) in [5.74, 6) is 0. The number of hydrogen-bond acceptors (Lipinski definition) is 1. The maximum atomic E-state index is 13.2. The summed E-state index contributed by atoms with van der Waals surface area (Å²) < 4.78 is 41.0. The molecule has 1 nitrogen and oxygen atoms in total. The number of anilines is 1. The van der Waals surface area contributed by atoms with Crippen LogP contribution < -0.4 is 5.32 Å². The number of benzene rings is 2. The summed E-state index contributed by atoms with van der Waals surface area (Å²) in [6.45, 7) is 0. The molecule has 2 rings (SSSR count). The number of alkyl halides is 3. The van der Waals surface area contributed by atoms with Crippen LogP contribution in [0.3, 0.4) is 0 Å². The highest BCUT2D eigenvalue weighted by atomic mass is 79.9. The van der Waals surface area contributed by atoms with E-state index in [4.69, 9.17) is 0 Å². The lowest BCUT2D eigenvalue weighted by Crippen LogP contribution is -2.28. The normalized spacial score (nSPS) is 13.1. The van der Waals surface area contributed by atoms with Crippen molar-refractivity contribution < 1.29 is 13.2 Å².